The summed E-state index contributed by atoms with van der Waals surface area (Å²) in [6.45, 7) is 1.39. The monoisotopic (exact) mass is 511 g/mol. The number of carbonyl (C=O) groups is 1. The van der Waals surface area contributed by atoms with Crippen LogP contribution < -0.4 is 10.9 Å². The van der Waals surface area contributed by atoms with Gasteiger partial charge in [-0.05, 0) is 46.8 Å². The van der Waals surface area contributed by atoms with Crippen molar-refractivity contribution in [3.05, 3.63) is 82.2 Å². The van der Waals surface area contributed by atoms with Gasteiger partial charge in [-0.15, -0.1) is 0 Å². The number of nitrogens with one attached hydrogen (secondary N) is 2. The van der Waals surface area contributed by atoms with Crippen molar-refractivity contribution in [3.8, 4) is 11.4 Å². The van der Waals surface area contributed by atoms with E-state index in [9.17, 15) is 27.2 Å². The van der Waals surface area contributed by atoms with E-state index in [2.05, 4.69) is 20.3 Å². The van der Waals surface area contributed by atoms with Crippen molar-refractivity contribution in [2.45, 2.75) is 32.6 Å². The first kappa shape index (κ1) is 24.4. The number of anilines is 2. The van der Waals surface area contributed by atoms with Crippen molar-refractivity contribution in [2.75, 3.05) is 5.32 Å². The lowest BCUT2D eigenvalue weighted by Gasteiger charge is -2.20. The number of fused-ring (bicyclic) bond motifs is 2. The number of amides is 1. The molecular weight excluding hydrogens is 490 g/mol. The van der Waals surface area contributed by atoms with Crippen LogP contribution in [0.5, 0.6) is 0 Å². The molecule has 0 aliphatic carbocycles. The summed E-state index contributed by atoms with van der Waals surface area (Å²) < 4.78 is 53.1. The molecule has 0 saturated heterocycles. The molecular formula is C26H21F4N5O2. The van der Waals surface area contributed by atoms with Crippen LogP contribution in [0.4, 0.5) is 29.1 Å². The van der Waals surface area contributed by atoms with E-state index in [0.29, 0.717) is 22.0 Å². The average molecular weight is 511 g/mol. The number of alkyl halides is 3. The molecule has 0 spiro atoms. The third kappa shape index (κ3) is 5.02. The second-order valence-corrected chi connectivity index (χ2v) is 9.00. The molecule has 37 heavy (non-hydrogen) atoms. The lowest BCUT2D eigenvalue weighted by molar-refractivity contribution is -0.176. The second-order valence-electron chi connectivity index (χ2n) is 9.00. The molecule has 1 unspecified atom stereocenters. The van der Waals surface area contributed by atoms with Gasteiger partial charge in [0.25, 0.3) is 5.56 Å². The standard InChI is InChI=1S/C26H21F4N5O2/c1-14(26(28,29)30)8-22(36)35-12-17-3-2-16(9-18(17)13-35)23-32-11-21(27)24(34-23)33-19-4-5-20-15(10-19)6-7-31-25(20)37/h2-7,9-11,14H,8,12-13H2,1H3,(H,31,37)(H,32,33,34). The van der Waals surface area contributed by atoms with Crippen molar-refractivity contribution < 1.29 is 22.4 Å². The Labute approximate surface area is 208 Å². The number of rotatable bonds is 5. The van der Waals surface area contributed by atoms with Gasteiger partial charge in [0.15, 0.2) is 17.5 Å². The lowest BCUT2D eigenvalue weighted by atomic mass is 10.1. The van der Waals surface area contributed by atoms with E-state index in [1.807, 2.05) is 0 Å². The van der Waals surface area contributed by atoms with Crippen LogP contribution in [0, 0.1) is 11.7 Å². The number of aromatic amines is 1. The van der Waals surface area contributed by atoms with Crippen LogP contribution in [-0.2, 0) is 17.9 Å². The maximum Gasteiger partial charge on any atom is 0.392 e. The normalized spacial score (nSPS) is 14.0. The smallest absolute Gasteiger partial charge is 0.338 e. The fraction of sp³-hybridized carbons (Fsp3) is 0.231. The summed E-state index contributed by atoms with van der Waals surface area (Å²) in [5, 5.41) is 4.08. The molecule has 1 atom stereocenters. The molecule has 4 aromatic rings. The molecule has 2 aromatic heterocycles. The predicted molar refractivity (Wildman–Crippen MR) is 129 cm³/mol. The predicted octanol–water partition coefficient (Wildman–Crippen LogP) is 5.30. The minimum Gasteiger partial charge on any atom is -0.338 e. The number of H-pyrrole nitrogens is 1. The zero-order valence-electron chi connectivity index (χ0n) is 19.6. The fourth-order valence-electron chi connectivity index (χ4n) is 4.22. The van der Waals surface area contributed by atoms with E-state index in [-0.39, 0.29) is 30.3 Å². The number of pyridine rings is 1. The third-order valence-electron chi connectivity index (χ3n) is 6.36. The number of halogens is 4. The van der Waals surface area contributed by atoms with Crippen molar-refractivity contribution in [3.63, 3.8) is 0 Å². The van der Waals surface area contributed by atoms with Crippen LogP contribution in [0.1, 0.15) is 24.5 Å². The van der Waals surface area contributed by atoms with Gasteiger partial charge in [0, 0.05) is 42.3 Å². The molecule has 5 rings (SSSR count). The fourth-order valence-corrected chi connectivity index (χ4v) is 4.22. The molecule has 0 fully saturated rings. The molecule has 2 N–H and O–H groups in total. The lowest BCUT2D eigenvalue weighted by Crippen LogP contribution is -2.31. The Morgan fingerprint density at radius 1 is 1.14 bits per heavy atom. The largest absolute Gasteiger partial charge is 0.392 e. The summed E-state index contributed by atoms with van der Waals surface area (Å²) in [4.78, 5) is 36.7. The van der Waals surface area contributed by atoms with Gasteiger partial charge >= 0.3 is 6.18 Å². The maximum atomic E-state index is 14.5. The topological polar surface area (TPSA) is 91.0 Å². The van der Waals surface area contributed by atoms with E-state index < -0.39 is 30.2 Å². The average Bonchev–Trinajstić information content (AvgIpc) is 3.29. The van der Waals surface area contributed by atoms with Gasteiger partial charge in [0.05, 0.1) is 12.1 Å². The quantitative estimate of drug-likeness (QED) is 0.355. The van der Waals surface area contributed by atoms with Gasteiger partial charge in [-0.25, -0.2) is 14.4 Å². The summed E-state index contributed by atoms with van der Waals surface area (Å²) in [5.74, 6) is -2.79. The van der Waals surface area contributed by atoms with E-state index in [1.54, 1.807) is 42.5 Å². The molecule has 1 aliphatic heterocycles. The van der Waals surface area contributed by atoms with Crippen LogP contribution in [0.25, 0.3) is 22.2 Å². The first-order chi connectivity index (χ1) is 17.6. The molecule has 3 heterocycles. The van der Waals surface area contributed by atoms with Gasteiger partial charge in [0.2, 0.25) is 5.91 Å². The summed E-state index contributed by atoms with van der Waals surface area (Å²) in [6, 6.07) is 11.9. The summed E-state index contributed by atoms with van der Waals surface area (Å²) in [7, 11) is 0. The van der Waals surface area contributed by atoms with Gasteiger partial charge in [-0.1, -0.05) is 19.1 Å². The Morgan fingerprint density at radius 2 is 1.92 bits per heavy atom. The van der Waals surface area contributed by atoms with Crippen LogP contribution in [0.3, 0.4) is 0 Å². The van der Waals surface area contributed by atoms with Crippen LogP contribution in [0.2, 0.25) is 0 Å². The molecule has 190 valence electrons. The number of hydrogen-bond donors (Lipinski definition) is 2. The van der Waals surface area contributed by atoms with E-state index in [1.165, 1.54) is 11.1 Å². The van der Waals surface area contributed by atoms with Crippen LogP contribution in [-0.4, -0.2) is 31.9 Å². The minimum atomic E-state index is -4.43. The number of benzene rings is 2. The minimum absolute atomic E-state index is 0.0624. The highest BCUT2D eigenvalue weighted by atomic mass is 19.4. The molecule has 11 heteroatoms. The van der Waals surface area contributed by atoms with Crippen molar-refractivity contribution in [1.29, 1.82) is 0 Å². The zero-order valence-corrected chi connectivity index (χ0v) is 19.6. The number of carbonyl (C=O) groups excluding carboxylic acids is 1. The zero-order chi connectivity index (χ0) is 26.3. The summed E-state index contributed by atoms with van der Waals surface area (Å²) in [5.41, 5.74) is 2.46. The van der Waals surface area contributed by atoms with Crippen molar-refractivity contribution in [1.82, 2.24) is 19.9 Å². The summed E-state index contributed by atoms with van der Waals surface area (Å²) >= 11 is 0. The number of nitrogens with zero attached hydrogens (tertiary/aromatic N) is 3. The Morgan fingerprint density at radius 3 is 2.70 bits per heavy atom. The highest BCUT2D eigenvalue weighted by Crippen LogP contribution is 2.32. The maximum absolute atomic E-state index is 14.5. The van der Waals surface area contributed by atoms with E-state index in [0.717, 1.165) is 24.2 Å². The number of hydrogen-bond acceptors (Lipinski definition) is 5. The second kappa shape index (κ2) is 9.30. The van der Waals surface area contributed by atoms with Crippen molar-refractivity contribution in [2.24, 2.45) is 5.92 Å². The number of aromatic nitrogens is 3. The highest BCUT2D eigenvalue weighted by molar-refractivity contribution is 5.85. The van der Waals surface area contributed by atoms with Gasteiger partial charge in [-0.3, -0.25) is 9.59 Å². The first-order valence-electron chi connectivity index (χ1n) is 11.5. The molecule has 7 nitrogen and oxygen atoms in total. The van der Waals surface area contributed by atoms with Gasteiger partial charge in [-0.2, -0.15) is 13.2 Å². The molecule has 2 aromatic carbocycles. The Balaban J connectivity index is 1.35. The Hall–Kier alpha value is -4.28. The summed E-state index contributed by atoms with van der Waals surface area (Å²) in [6.07, 6.45) is -2.47. The van der Waals surface area contributed by atoms with Crippen molar-refractivity contribution >= 4 is 28.2 Å². The van der Waals surface area contributed by atoms with Crippen LogP contribution in [0.15, 0.2) is 59.7 Å². The van der Waals surface area contributed by atoms with Crippen LogP contribution >= 0.6 is 0 Å². The third-order valence-corrected chi connectivity index (χ3v) is 6.36. The molecule has 0 saturated carbocycles. The first-order valence-corrected chi connectivity index (χ1v) is 11.5. The molecule has 0 radical (unpaired) electrons. The molecule has 0 bridgehead atoms. The SMILES string of the molecule is CC(CC(=O)N1Cc2ccc(-c3ncc(F)c(Nc4ccc5c(=O)[nH]ccc5c4)n3)cc2C1)C(F)(F)F. The highest BCUT2D eigenvalue weighted by Gasteiger charge is 2.38. The Kier molecular flexibility index (Phi) is 6.14. The van der Waals surface area contributed by atoms with E-state index in [4.69, 9.17) is 0 Å². The molecule has 1 aliphatic rings. The van der Waals surface area contributed by atoms with Gasteiger partial charge < -0.3 is 15.2 Å². The molecule has 1 amide bonds. The van der Waals surface area contributed by atoms with Gasteiger partial charge in [0.1, 0.15) is 0 Å². The Bertz CT molecular complexity index is 1570. The van der Waals surface area contributed by atoms with E-state index >= 15 is 0 Å².